The SMILES string of the molecule is CC1(C)CC(NC(=O)CN(c2ccccc2Cl)S(=O)(=O)c2ccccc2)c2ccccc2O1. The smallest absolute Gasteiger partial charge is 0.264 e. The number of carbonyl (C=O) groups is 1. The molecule has 1 aliphatic heterocycles. The maximum atomic E-state index is 13.5. The van der Waals surface area contributed by atoms with Crippen molar-refractivity contribution in [2.45, 2.75) is 36.8 Å². The van der Waals surface area contributed by atoms with Crippen molar-refractivity contribution in [1.29, 1.82) is 0 Å². The van der Waals surface area contributed by atoms with Gasteiger partial charge in [0.25, 0.3) is 10.0 Å². The summed E-state index contributed by atoms with van der Waals surface area (Å²) in [5.41, 5.74) is 0.622. The lowest BCUT2D eigenvalue weighted by Crippen LogP contribution is -2.45. The van der Waals surface area contributed by atoms with Gasteiger partial charge in [0.1, 0.15) is 17.9 Å². The molecule has 1 aliphatic rings. The molecular weight excluding hydrogens is 460 g/mol. The topological polar surface area (TPSA) is 75.7 Å². The molecule has 4 rings (SSSR count). The molecule has 1 heterocycles. The Labute approximate surface area is 199 Å². The monoisotopic (exact) mass is 484 g/mol. The van der Waals surface area contributed by atoms with Crippen molar-refractivity contribution in [3.05, 3.63) is 89.4 Å². The highest BCUT2D eigenvalue weighted by Gasteiger charge is 2.35. The highest BCUT2D eigenvalue weighted by Crippen LogP contribution is 2.39. The summed E-state index contributed by atoms with van der Waals surface area (Å²) in [6.45, 7) is 3.50. The molecule has 0 radical (unpaired) electrons. The first kappa shape index (κ1) is 23.1. The summed E-state index contributed by atoms with van der Waals surface area (Å²) in [5.74, 6) is 0.269. The number of hydrogen-bond donors (Lipinski definition) is 1. The Morgan fingerprint density at radius 2 is 1.67 bits per heavy atom. The van der Waals surface area contributed by atoms with Crippen LogP contribution in [0, 0.1) is 0 Å². The molecule has 0 aliphatic carbocycles. The Hall–Kier alpha value is -3.03. The number of para-hydroxylation sites is 2. The number of fused-ring (bicyclic) bond motifs is 1. The maximum Gasteiger partial charge on any atom is 0.264 e. The summed E-state index contributed by atoms with van der Waals surface area (Å²) < 4.78 is 34.0. The lowest BCUT2D eigenvalue weighted by Gasteiger charge is -2.38. The van der Waals surface area contributed by atoms with E-state index in [1.54, 1.807) is 42.5 Å². The van der Waals surface area contributed by atoms with Gasteiger partial charge < -0.3 is 10.1 Å². The number of rotatable bonds is 6. The molecule has 33 heavy (non-hydrogen) atoms. The molecule has 1 amide bonds. The first-order valence-electron chi connectivity index (χ1n) is 10.6. The summed E-state index contributed by atoms with van der Waals surface area (Å²) in [4.78, 5) is 13.3. The lowest BCUT2D eigenvalue weighted by molar-refractivity contribution is -0.120. The molecule has 0 aromatic heterocycles. The Balaban J connectivity index is 1.65. The molecule has 3 aromatic carbocycles. The van der Waals surface area contributed by atoms with Gasteiger partial charge in [-0.15, -0.1) is 0 Å². The Morgan fingerprint density at radius 1 is 1.03 bits per heavy atom. The molecule has 1 N–H and O–H groups in total. The van der Waals surface area contributed by atoms with Crippen LogP contribution in [-0.4, -0.2) is 26.5 Å². The van der Waals surface area contributed by atoms with E-state index in [0.29, 0.717) is 12.2 Å². The highest BCUT2D eigenvalue weighted by molar-refractivity contribution is 7.92. The fraction of sp³-hybridized carbons (Fsp3) is 0.240. The first-order valence-corrected chi connectivity index (χ1v) is 12.4. The van der Waals surface area contributed by atoms with Crippen LogP contribution in [0.3, 0.4) is 0 Å². The molecule has 3 aromatic rings. The molecule has 172 valence electrons. The van der Waals surface area contributed by atoms with Crippen molar-refractivity contribution < 1.29 is 17.9 Å². The molecule has 1 unspecified atom stereocenters. The number of anilines is 1. The van der Waals surface area contributed by atoms with Crippen LogP contribution < -0.4 is 14.4 Å². The highest BCUT2D eigenvalue weighted by atomic mass is 35.5. The number of benzene rings is 3. The average molecular weight is 485 g/mol. The van der Waals surface area contributed by atoms with Gasteiger partial charge in [0.15, 0.2) is 0 Å². The van der Waals surface area contributed by atoms with Crippen LogP contribution >= 0.6 is 11.6 Å². The van der Waals surface area contributed by atoms with Gasteiger partial charge in [-0.3, -0.25) is 9.10 Å². The number of nitrogens with zero attached hydrogens (tertiary/aromatic N) is 1. The van der Waals surface area contributed by atoms with Crippen molar-refractivity contribution in [2.24, 2.45) is 0 Å². The number of ether oxygens (including phenoxy) is 1. The van der Waals surface area contributed by atoms with E-state index in [1.807, 2.05) is 38.1 Å². The minimum absolute atomic E-state index is 0.0789. The van der Waals surface area contributed by atoms with Gasteiger partial charge in [-0.25, -0.2) is 8.42 Å². The number of carbonyl (C=O) groups excluding carboxylic acids is 1. The van der Waals surface area contributed by atoms with E-state index in [1.165, 1.54) is 12.1 Å². The van der Waals surface area contributed by atoms with Crippen molar-refractivity contribution >= 4 is 33.2 Å². The average Bonchev–Trinajstić information content (AvgIpc) is 2.78. The number of nitrogens with one attached hydrogen (secondary N) is 1. The first-order chi connectivity index (χ1) is 15.7. The third kappa shape index (κ3) is 4.99. The van der Waals surface area contributed by atoms with Crippen molar-refractivity contribution in [3.8, 4) is 5.75 Å². The third-order valence-corrected chi connectivity index (χ3v) is 7.54. The summed E-state index contributed by atoms with van der Waals surface area (Å²) >= 11 is 6.34. The summed E-state index contributed by atoms with van der Waals surface area (Å²) in [6, 6.07) is 21.8. The zero-order valence-corrected chi connectivity index (χ0v) is 19.9. The minimum Gasteiger partial charge on any atom is -0.487 e. The summed E-state index contributed by atoms with van der Waals surface area (Å²) in [7, 11) is -4.03. The van der Waals surface area contributed by atoms with E-state index >= 15 is 0 Å². The second kappa shape index (κ2) is 9.08. The predicted molar refractivity (Wildman–Crippen MR) is 129 cm³/mol. The minimum atomic E-state index is -4.03. The van der Waals surface area contributed by atoms with Gasteiger partial charge in [0.2, 0.25) is 5.91 Å². The second-order valence-corrected chi connectivity index (χ2v) is 10.8. The van der Waals surface area contributed by atoms with Crippen LogP contribution in [0.25, 0.3) is 0 Å². The van der Waals surface area contributed by atoms with E-state index in [9.17, 15) is 13.2 Å². The van der Waals surface area contributed by atoms with Gasteiger partial charge >= 0.3 is 0 Å². The lowest BCUT2D eigenvalue weighted by atomic mass is 9.89. The van der Waals surface area contributed by atoms with Gasteiger partial charge in [-0.1, -0.05) is 60.1 Å². The molecule has 0 saturated heterocycles. The number of halogens is 1. The second-order valence-electron chi connectivity index (χ2n) is 8.50. The van der Waals surface area contributed by atoms with Gasteiger partial charge in [-0.2, -0.15) is 0 Å². The summed E-state index contributed by atoms with van der Waals surface area (Å²) in [6.07, 6.45) is 0.549. The van der Waals surface area contributed by atoms with Crippen LogP contribution in [0.2, 0.25) is 5.02 Å². The van der Waals surface area contributed by atoms with Gasteiger partial charge in [0, 0.05) is 12.0 Å². The molecule has 0 bridgehead atoms. The van der Waals surface area contributed by atoms with E-state index in [2.05, 4.69) is 5.32 Å². The van der Waals surface area contributed by atoms with Crippen molar-refractivity contribution in [3.63, 3.8) is 0 Å². The van der Waals surface area contributed by atoms with E-state index in [0.717, 1.165) is 9.87 Å². The zero-order chi connectivity index (χ0) is 23.6. The zero-order valence-electron chi connectivity index (χ0n) is 18.4. The van der Waals surface area contributed by atoms with Crippen LogP contribution in [0.5, 0.6) is 5.75 Å². The number of hydrogen-bond acceptors (Lipinski definition) is 4. The van der Waals surface area contributed by atoms with E-state index in [4.69, 9.17) is 16.3 Å². The molecule has 0 spiro atoms. The molecular formula is C25H25ClN2O4S. The quantitative estimate of drug-likeness (QED) is 0.537. The standard InChI is InChI=1S/C25H25ClN2O4S/c1-25(2)16-21(19-12-6-9-15-23(19)32-25)27-24(29)17-28(22-14-8-7-13-20(22)26)33(30,31)18-10-4-3-5-11-18/h3-15,21H,16-17H2,1-2H3,(H,27,29). The fourth-order valence-electron chi connectivity index (χ4n) is 3.97. The summed E-state index contributed by atoms with van der Waals surface area (Å²) in [5, 5.41) is 3.24. The van der Waals surface area contributed by atoms with Crippen LogP contribution in [0.4, 0.5) is 5.69 Å². The van der Waals surface area contributed by atoms with Crippen LogP contribution in [0.1, 0.15) is 31.9 Å². The van der Waals surface area contributed by atoms with Gasteiger partial charge in [0.05, 0.1) is 21.6 Å². The Kier molecular flexibility index (Phi) is 6.36. The van der Waals surface area contributed by atoms with Crippen LogP contribution in [0.15, 0.2) is 83.8 Å². The van der Waals surface area contributed by atoms with Crippen molar-refractivity contribution in [1.82, 2.24) is 5.32 Å². The van der Waals surface area contributed by atoms with Crippen LogP contribution in [-0.2, 0) is 14.8 Å². The largest absolute Gasteiger partial charge is 0.487 e. The molecule has 0 fully saturated rings. The van der Waals surface area contributed by atoms with E-state index in [-0.39, 0.29) is 21.6 Å². The van der Waals surface area contributed by atoms with Gasteiger partial charge in [-0.05, 0) is 44.2 Å². The molecule has 1 atom stereocenters. The maximum absolute atomic E-state index is 13.5. The third-order valence-electron chi connectivity index (χ3n) is 5.45. The Morgan fingerprint density at radius 3 is 2.39 bits per heavy atom. The molecule has 6 nitrogen and oxygen atoms in total. The number of sulfonamides is 1. The van der Waals surface area contributed by atoms with Crippen molar-refractivity contribution in [2.75, 3.05) is 10.8 Å². The predicted octanol–water partition coefficient (Wildman–Crippen LogP) is 4.95. The van der Waals surface area contributed by atoms with E-state index < -0.39 is 28.1 Å². The number of amides is 1. The normalized spacial score (nSPS) is 16.9. The molecule has 0 saturated carbocycles. The fourth-order valence-corrected chi connectivity index (χ4v) is 5.72. The Bertz CT molecular complexity index is 1260. The molecule has 8 heteroatoms.